The maximum atomic E-state index is 11.4. The summed E-state index contributed by atoms with van der Waals surface area (Å²) in [6.07, 6.45) is 2.78. The number of carbonyl (C=O) groups excluding carboxylic acids is 1. The van der Waals surface area contributed by atoms with Crippen LogP contribution in [0.5, 0.6) is 0 Å². The maximum Gasteiger partial charge on any atom is 0.306 e. The Morgan fingerprint density at radius 2 is 1.80 bits per heavy atom. The first-order chi connectivity index (χ1) is 7.11. The highest BCUT2D eigenvalue weighted by molar-refractivity contribution is 5.87. The second-order valence-electron chi connectivity index (χ2n) is 4.47. The van der Waals surface area contributed by atoms with E-state index in [0.29, 0.717) is 24.9 Å². The molecule has 1 unspecified atom stereocenters. The van der Waals surface area contributed by atoms with Gasteiger partial charge in [0.25, 0.3) is 0 Å². The van der Waals surface area contributed by atoms with Gasteiger partial charge in [-0.1, -0.05) is 6.58 Å². The van der Waals surface area contributed by atoms with Crippen molar-refractivity contribution in [1.82, 2.24) is 4.90 Å². The van der Waals surface area contributed by atoms with Crippen molar-refractivity contribution in [2.45, 2.75) is 12.8 Å². The summed E-state index contributed by atoms with van der Waals surface area (Å²) in [6.45, 7) is 4.87. The van der Waals surface area contributed by atoms with Crippen LogP contribution in [-0.4, -0.2) is 35.0 Å². The molecule has 2 fully saturated rings. The monoisotopic (exact) mass is 209 g/mol. The van der Waals surface area contributed by atoms with E-state index in [1.165, 1.54) is 6.08 Å². The molecule has 2 aliphatic rings. The highest BCUT2D eigenvalue weighted by Gasteiger charge is 2.44. The Kier molecular flexibility index (Phi) is 2.50. The topological polar surface area (TPSA) is 57.6 Å². The first kappa shape index (κ1) is 10.2. The second kappa shape index (κ2) is 3.68. The molecule has 1 saturated carbocycles. The lowest BCUT2D eigenvalue weighted by Crippen LogP contribution is -2.28. The summed E-state index contributed by atoms with van der Waals surface area (Å²) in [7, 11) is 0. The summed E-state index contributed by atoms with van der Waals surface area (Å²) in [4.78, 5) is 23.9. The minimum Gasteiger partial charge on any atom is -0.481 e. The molecular weight excluding hydrogens is 194 g/mol. The molecule has 1 saturated heterocycles. The van der Waals surface area contributed by atoms with E-state index in [-0.39, 0.29) is 11.8 Å². The quantitative estimate of drug-likeness (QED) is 0.682. The Bertz CT molecular complexity index is 299. The molecule has 82 valence electrons. The average molecular weight is 209 g/mol. The number of hydrogen-bond acceptors (Lipinski definition) is 2. The van der Waals surface area contributed by atoms with Crippen LogP contribution in [0.3, 0.4) is 0 Å². The van der Waals surface area contributed by atoms with Crippen molar-refractivity contribution >= 4 is 11.9 Å². The predicted octanol–water partition coefficient (Wildman–Crippen LogP) is 0.742. The van der Waals surface area contributed by atoms with E-state index in [9.17, 15) is 9.59 Å². The highest BCUT2D eigenvalue weighted by atomic mass is 16.4. The van der Waals surface area contributed by atoms with Crippen molar-refractivity contribution in [2.24, 2.45) is 17.8 Å². The van der Waals surface area contributed by atoms with Crippen LogP contribution >= 0.6 is 0 Å². The molecule has 4 nitrogen and oxygen atoms in total. The minimum atomic E-state index is -0.689. The van der Waals surface area contributed by atoms with Gasteiger partial charge in [0.1, 0.15) is 0 Å². The van der Waals surface area contributed by atoms with Gasteiger partial charge in [0, 0.05) is 13.1 Å². The third-order valence-corrected chi connectivity index (χ3v) is 3.59. The molecule has 1 heterocycles. The van der Waals surface area contributed by atoms with Crippen LogP contribution in [0.2, 0.25) is 0 Å². The SMILES string of the molecule is C=CC(=O)N1C[C@H]2CC(C(=O)O)C[C@H]2C1. The number of rotatable bonds is 2. The fourth-order valence-electron chi connectivity index (χ4n) is 2.81. The third-order valence-electron chi connectivity index (χ3n) is 3.59. The Hall–Kier alpha value is -1.32. The van der Waals surface area contributed by atoms with Crippen LogP contribution in [0.25, 0.3) is 0 Å². The van der Waals surface area contributed by atoms with Crippen LogP contribution in [0, 0.1) is 17.8 Å². The first-order valence-corrected chi connectivity index (χ1v) is 5.26. The Morgan fingerprint density at radius 1 is 1.27 bits per heavy atom. The number of fused-ring (bicyclic) bond motifs is 1. The standard InChI is InChI=1S/C11H15NO3/c1-2-10(13)12-5-8-3-7(11(14)15)4-9(8)6-12/h2,7-9H,1,3-6H2,(H,14,15)/t7?,8-,9+. The van der Waals surface area contributed by atoms with E-state index in [1.807, 2.05) is 0 Å². The number of aliphatic carboxylic acids is 1. The molecule has 1 aliphatic carbocycles. The molecule has 0 aromatic carbocycles. The zero-order chi connectivity index (χ0) is 11.0. The largest absolute Gasteiger partial charge is 0.481 e. The third kappa shape index (κ3) is 1.76. The number of carbonyl (C=O) groups is 2. The van der Waals surface area contributed by atoms with Gasteiger partial charge in [0.05, 0.1) is 5.92 Å². The van der Waals surface area contributed by atoms with Crippen LogP contribution in [0.15, 0.2) is 12.7 Å². The van der Waals surface area contributed by atoms with Crippen molar-refractivity contribution < 1.29 is 14.7 Å². The predicted molar refractivity (Wildman–Crippen MR) is 54.1 cm³/mol. The summed E-state index contributed by atoms with van der Waals surface area (Å²) in [6, 6.07) is 0. The fraction of sp³-hybridized carbons (Fsp3) is 0.636. The van der Waals surface area contributed by atoms with E-state index >= 15 is 0 Å². The molecule has 2 rings (SSSR count). The van der Waals surface area contributed by atoms with E-state index < -0.39 is 5.97 Å². The molecule has 1 amide bonds. The van der Waals surface area contributed by atoms with E-state index in [1.54, 1.807) is 4.90 Å². The van der Waals surface area contributed by atoms with Crippen LogP contribution in [0.4, 0.5) is 0 Å². The summed E-state index contributed by atoms with van der Waals surface area (Å²) in [5.74, 6) is -0.145. The number of amides is 1. The molecule has 3 atom stereocenters. The van der Waals surface area contributed by atoms with Crippen molar-refractivity contribution in [3.8, 4) is 0 Å². The van der Waals surface area contributed by atoms with Gasteiger partial charge >= 0.3 is 5.97 Å². The number of hydrogen-bond donors (Lipinski definition) is 1. The molecule has 4 heteroatoms. The van der Waals surface area contributed by atoms with Gasteiger partial charge in [-0.15, -0.1) is 0 Å². The molecule has 0 radical (unpaired) electrons. The van der Waals surface area contributed by atoms with Gasteiger partial charge < -0.3 is 10.0 Å². The zero-order valence-corrected chi connectivity index (χ0v) is 8.56. The van der Waals surface area contributed by atoms with E-state index in [0.717, 1.165) is 12.8 Å². The summed E-state index contributed by atoms with van der Waals surface area (Å²) in [5.41, 5.74) is 0. The lowest BCUT2D eigenvalue weighted by molar-refractivity contribution is -0.141. The van der Waals surface area contributed by atoms with Crippen molar-refractivity contribution in [3.63, 3.8) is 0 Å². The maximum absolute atomic E-state index is 11.4. The fourth-order valence-corrected chi connectivity index (χ4v) is 2.81. The van der Waals surface area contributed by atoms with E-state index in [4.69, 9.17) is 5.11 Å². The smallest absolute Gasteiger partial charge is 0.306 e. The van der Waals surface area contributed by atoms with Gasteiger partial charge in [-0.25, -0.2) is 0 Å². The van der Waals surface area contributed by atoms with Gasteiger partial charge in [-0.05, 0) is 30.8 Å². The number of carboxylic acids is 1. The van der Waals surface area contributed by atoms with Crippen molar-refractivity contribution in [3.05, 3.63) is 12.7 Å². The lowest BCUT2D eigenvalue weighted by atomic mass is 10.0. The molecule has 15 heavy (non-hydrogen) atoms. The lowest BCUT2D eigenvalue weighted by Gasteiger charge is -2.15. The highest BCUT2D eigenvalue weighted by Crippen LogP contribution is 2.41. The second-order valence-corrected chi connectivity index (χ2v) is 4.47. The van der Waals surface area contributed by atoms with Gasteiger partial charge in [0.15, 0.2) is 0 Å². The van der Waals surface area contributed by atoms with Gasteiger partial charge in [-0.2, -0.15) is 0 Å². The summed E-state index contributed by atoms with van der Waals surface area (Å²) >= 11 is 0. The Morgan fingerprint density at radius 3 is 2.20 bits per heavy atom. The molecule has 0 aromatic heterocycles. The van der Waals surface area contributed by atoms with E-state index in [2.05, 4.69) is 6.58 Å². The molecule has 1 N–H and O–H groups in total. The summed E-state index contributed by atoms with van der Waals surface area (Å²) in [5, 5.41) is 8.89. The van der Waals surface area contributed by atoms with Gasteiger partial charge in [0.2, 0.25) is 5.91 Å². The zero-order valence-electron chi connectivity index (χ0n) is 8.56. The number of carboxylic acid groups (broad SMARTS) is 1. The number of likely N-dealkylation sites (tertiary alicyclic amines) is 1. The average Bonchev–Trinajstić information content (AvgIpc) is 2.72. The minimum absolute atomic E-state index is 0.0312. The molecule has 0 spiro atoms. The molecule has 1 aliphatic heterocycles. The van der Waals surface area contributed by atoms with Crippen LogP contribution in [-0.2, 0) is 9.59 Å². The van der Waals surface area contributed by atoms with Crippen molar-refractivity contribution in [2.75, 3.05) is 13.1 Å². The normalized spacial score (nSPS) is 33.9. The Labute approximate surface area is 88.6 Å². The Balaban J connectivity index is 1.96. The molecule has 0 aromatic rings. The van der Waals surface area contributed by atoms with Crippen molar-refractivity contribution in [1.29, 1.82) is 0 Å². The first-order valence-electron chi connectivity index (χ1n) is 5.26. The number of nitrogens with zero attached hydrogens (tertiary/aromatic N) is 1. The van der Waals surface area contributed by atoms with Crippen LogP contribution < -0.4 is 0 Å². The van der Waals surface area contributed by atoms with Gasteiger partial charge in [-0.3, -0.25) is 9.59 Å². The molecular formula is C11H15NO3. The molecule has 0 bridgehead atoms. The van der Waals surface area contributed by atoms with Crippen LogP contribution in [0.1, 0.15) is 12.8 Å². The summed E-state index contributed by atoms with van der Waals surface area (Å²) < 4.78 is 0.